The number of methoxy groups -OCH3 is 2. The molecule has 0 fully saturated rings. The number of benzene rings is 1. The Labute approximate surface area is 96.4 Å². The van der Waals surface area contributed by atoms with E-state index in [0.29, 0.717) is 17.9 Å². The lowest BCUT2D eigenvalue weighted by atomic mass is 9.96. The van der Waals surface area contributed by atoms with Gasteiger partial charge in [0.2, 0.25) is 0 Å². The molecule has 0 heterocycles. The molecule has 0 saturated carbocycles. The predicted molar refractivity (Wildman–Crippen MR) is 63.0 cm³/mol. The Hall–Kier alpha value is -1.35. The van der Waals surface area contributed by atoms with E-state index < -0.39 is 0 Å². The second kappa shape index (κ2) is 6.28. The maximum absolute atomic E-state index is 12.1. The zero-order valence-electron chi connectivity index (χ0n) is 10.0. The summed E-state index contributed by atoms with van der Waals surface area (Å²) in [5, 5.41) is 0. The van der Waals surface area contributed by atoms with Crippen LogP contribution in [0.25, 0.3) is 0 Å². The van der Waals surface area contributed by atoms with E-state index in [1.807, 2.05) is 25.1 Å². The first kappa shape index (κ1) is 12.7. The SMILES string of the molecule is CCC(COC)C(=O)c1cccc(OC)c1. The zero-order valence-corrected chi connectivity index (χ0v) is 10.0. The van der Waals surface area contributed by atoms with Gasteiger partial charge in [-0.2, -0.15) is 0 Å². The first-order valence-electron chi connectivity index (χ1n) is 5.40. The Morgan fingerprint density at radius 3 is 2.69 bits per heavy atom. The summed E-state index contributed by atoms with van der Waals surface area (Å²) in [6, 6.07) is 7.23. The molecule has 0 spiro atoms. The van der Waals surface area contributed by atoms with Crippen LogP contribution in [0.2, 0.25) is 0 Å². The van der Waals surface area contributed by atoms with E-state index in [9.17, 15) is 4.79 Å². The van der Waals surface area contributed by atoms with Crippen molar-refractivity contribution in [3.8, 4) is 5.75 Å². The molecule has 0 aromatic heterocycles. The molecule has 0 aliphatic heterocycles. The molecule has 88 valence electrons. The second-order valence-electron chi connectivity index (χ2n) is 3.66. The van der Waals surface area contributed by atoms with Gasteiger partial charge in [-0.15, -0.1) is 0 Å². The molecule has 0 N–H and O–H groups in total. The van der Waals surface area contributed by atoms with Gasteiger partial charge in [0.1, 0.15) is 5.75 Å². The first-order valence-corrected chi connectivity index (χ1v) is 5.40. The van der Waals surface area contributed by atoms with Gasteiger partial charge in [-0.3, -0.25) is 4.79 Å². The Morgan fingerprint density at radius 1 is 1.38 bits per heavy atom. The lowest BCUT2D eigenvalue weighted by Gasteiger charge is -2.12. The lowest BCUT2D eigenvalue weighted by molar-refractivity contribution is 0.0801. The molecule has 1 rings (SSSR count). The molecular weight excluding hydrogens is 204 g/mol. The minimum Gasteiger partial charge on any atom is -0.497 e. The molecule has 0 aliphatic rings. The van der Waals surface area contributed by atoms with E-state index in [2.05, 4.69) is 0 Å². The van der Waals surface area contributed by atoms with Crippen LogP contribution in [0.1, 0.15) is 23.7 Å². The van der Waals surface area contributed by atoms with E-state index in [1.165, 1.54) is 0 Å². The van der Waals surface area contributed by atoms with Crippen LogP contribution in [0.15, 0.2) is 24.3 Å². The molecule has 0 radical (unpaired) electrons. The first-order chi connectivity index (χ1) is 7.72. The van der Waals surface area contributed by atoms with Crippen molar-refractivity contribution in [1.82, 2.24) is 0 Å². The maximum Gasteiger partial charge on any atom is 0.168 e. The quantitative estimate of drug-likeness (QED) is 0.694. The molecule has 1 unspecified atom stereocenters. The highest BCUT2D eigenvalue weighted by Gasteiger charge is 2.18. The monoisotopic (exact) mass is 222 g/mol. The van der Waals surface area contributed by atoms with Gasteiger partial charge in [0.05, 0.1) is 13.7 Å². The van der Waals surface area contributed by atoms with Crippen LogP contribution in [-0.4, -0.2) is 26.6 Å². The van der Waals surface area contributed by atoms with Crippen molar-refractivity contribution in [2.24, 2.45) is 5.92 Å². The average Bonchev–Trinajstić information content (AvgIpc) is 2.35. The molecule has 0 amide bonds. The highest BCUT2D eigenvalue weighted by molar-refractivity contribution is 5.98. The number of carbonyl (C=O) groups excluding carboxylic acids is 1. The molecular formula is C13H18O3. The highest BCUT2D eigenvalue weighted by atomic mass is 16.5. The van der Waals surface area contributed by atoms with Crippen LogP contribution in [0.5, 0.6) is 5.75 Å². The molecule has 3 heteroatoms. The van der Waals surface area contributed by atoms with Gasteiger partial charge in [-0.05, 0) is 18.6 Å². The number of Topliss-reactive ketones (excluding diaryl/α,β-unsaturated/α-hetero) is 1. The summed E-state index contributed by atoms with van der Waals surface area (Å²) in [7, 11) is 3.21. The van der Waals surface area contributed by atoms with Crippen LogP contribution in [0, 0.1) is 5.92 Å². The smallest absolute Gasteiger partial charge is 0.168 e. The summed E-state index contributed by atoms with van der Waals surface area (Å²) < 4.78 is 10.1. The third-order valence-corrected chi connectivity index (χ3v) is 2.59. The number of hydrogen-bond acceptors (Lipinski definition) is 3. The molecule has 0 bridgehead atoms. The molecule has 3 nitrogen and oxygen atoms in total. The Morgan fingerprint density at radius 2 is 2.12 bits per heavy atom. The van der Waals surface area contributed by atoms with Crippen molar-refractivity contribution in [3.05, 3.63) is 29.8 Å². The second-order valence-corrected chi connectivity index (χ2v) is 3.66. The van der Waals surface area contributed by atoms with Crippen molar-refractivity contribution in [2.45, 2.75) is 13.3 Å². The van der Waals surface area contributed by atoms with E-state index in [0.717, 1.165) is 6.42 Å². The van der Waals surface area contributed by atoms with Crippen LogP contribution in [0.4, 0.5) is 0 Å². The summed E-state index contributed by atoms with van der Waals surface area (Å²) in [5.41, 5.74) is 0.684. The van der Waals surface area contributed by atoms with Gasteiger partial charge in [0, 0.05) is 18.6 Å². The number of hydrogen-bond donors (Lipinski definition) is 0. The third-order valence-electron chi connectivity index (χ3n) is 2.59. The largest absolute Gasteiger partial charge is 0.497 e. The van der Waals surface area contributed by atoms with E-state index >= 15 is 0 Å². The van der Waals surface area contributed by atoms with E-state index in [1.54, 1.807) is 20.3 Å². The number of carbonyl (C=O) groups is 1. The maximum atomic E-state index is 12.1. The minimum atomic E-state index is -0.0721. The Kier molecular flexibility index (Phi) is 4.99. The van der Waals surface area contributed by atoms with Gasteiger partial charge in [-0.25, -0.2) is 0 Å². The highest BCUT2D eigenvalue weighted by Crippen LogP contribution is 2.17. The lowest BCUT2D eigenvalue weighted by Crippen LogP contribution is -2.19. The van der Waals surface area contributed by atoms with Crippen molar-refractivity contribution >= 4 is 5.78 Å². The van der Waals surface area contributed by atoms with Crippen LogP contribution in [-0.2, 0) is 4.74 Å². The Balaban J connectivity index is 2.85. The molecule has 1 aromatic carbocycles. The van der Waals surface area contributed by atoms with Crippen LogP contribution >= 0.6 is 0 Å². The Bertz CT molecular complexity index is 347. The van der Waals surface area contributed by atoms with Crippen molar-refractivity contribution in [2.75, 3.05) is 20.8 Å². The molecule has 1 atom stereocenters. The molecule has 0 aliphatic carbocycles. The number of ether oxygens (including phenoxy) is 2. The fourth-order valence-electron chi connectivity index (χ4n) is 1.59. The average molecular weight is 222 g/mol. The van der Waals surface area contributed by atoms with E-state index in [4.69, 9.17) is 9.47 Å². The molecule has 1 aromatic rings. The van der Waals surface area contributed by atoms with Crippen molar-refractivity contribution in [1.29, 1.82) is 0 Å². The normalized spacial score (nSPS) is 12.2. The zero-order chi connectivity index (χ0) is 12.0. The van der Waals surface area contributed by atoms with Crippen LogP contribution in [0.3, 0.4) is 0 Å². The molecule has 0 saturated heterocycles. The fraction of sp³-hybridized carbons (Fsp3) is 0.462. The topological polar surface area (TPSA) is 35.5 Å². The summed E-state index contributed by atoms with van der Waals surface area (Å²) in [4.78, 5) is 12.1. The summed E-state index contributed by atoms with van der Waals surface area (Å²) in [5.74, 6) is 0.749. The van der Waals surface area contributed by atoms with Crippen molar-refractivity contribution < 1.29 is 14.3 Å². The summed E-state index contributed by atoms with van der Waals surface area (Å²) in [6.45, 7) is 2.45. The van der Waals surface area contributed by atoms with Gasteiger partial charge in [0.25, 0.3) is 0 Å². The summed E-state index contributed by atoms with van der Waals surface area (Å²) >= 11 is 0. The van der Waals surface area contributed by atoms with E-state index in [-0.39, 0.29) is 11.7 Å². The predicted octanol–water partition coefficient (Wildman–Crippen LogP) is 2.55. The van der Waals surface area contributed by atoms with Crippen LogP contribution < -0.4 is 4.74 Å². The minimum absolute atomic E-state index is 0.0721. The third kappa shape index (κ3) is 3.07. The summed E-state index contributed by atoms with van der Waals surface area (Å²) in [6.07, 6.45) is 0.782. The van der Waals surface area contributed by atoms with Gasteiger partial charge < -0.3 is 9.47 Å². The van der Waals surface area contributed by atoms with Crippen molar-refractivity contribution in [3.63, 3.8) is 0 Å². The molecule has 16 heavy (non-hydrogen) atoms. The standard InChI is InChI=1S/C13H18O3/c1-4-10(9-15-2)13(14)11-6-5-7-12(8-11)16-3/h5-8,10H,4,9H2,1-3H3. The van der Waals surface area contributed by atoms with Gasteiger partial charge in [0.15, 0.2) is 5.78 Å². The fourth-order valence-corrected chi connectivity index (χ4v) is 1.59. The van der Waals surface area contributed by atoms with Gasteiger partial charge in [-0.1, -0.05) is 19.1 Å². The number of ketones is 1. The van der Waals surface area contributed by atoms with Gasteiger partial charge >= 0.3 is 0 Å². The number of rotatable bonds is 6.